The van der Waals surface area contributed by atoms with E-state index in [9.17, 15) is 4.79 Å². The van der Waals surface area contributed by atoms with Crippen molar-refractivity contribution in [1.29, 1.82) is 0 Å². The molecule has 0 bridgehead atoms. The van der Waals surface area contributed by atoms with Crippen molar-refractivity contribution in [2.24, 2.45) is 0 Å². The van der Waals surface area contributed by atoms with E-state index in [-0.39, 0.29) is 6.61 Å². The highest BCUT2D eigenvalue weighted by Gasteiger charge is 2.29. The average Bonchev–Trinajstić information content (AvgIpc) is 1.64. The zero-order valence-electron chi connectivity index (χ0n) is 4.66. The molecule has 0 spiro atoms. The zero-order valence-corrected chi connectivity index (χ0v) is 6.93. The summed E-state index contributed by atoms with van der Waals surface area (Å²) in [4.78, 5) is 10.5. The number of halogens is 3. The molecule has 0 fully saturated rings. The van der Waals surface area contributed by atoms with Crippen LogP contribution in [0.4, 0.5) is 0 Å². The van der Waals surface area contributed by atoms with E-state index in [2.05, 4.69) is 4.74 Å². The van der Waals surface area contributed by atoms with Crippen molar-refractivity contribution in [2.45, 2.75) is 3.79 Å². The summed E-state index contributed by atoms with van der Waals surface area (Å²) in [6, 6.07) is 0. The third kappa shape index (κ3) is 3.98. The zero-order chi connectivity index (χ0) is 7.49. The molecule has 0 radical (unpaired) electrons. The Morgan fingerprint density at radius 2 is 2.00 bits per heavy atom. The Balaban J connectivity index is 3.74. The molecule has 0 saturated carbocycles. The molecule has 0 heterocycles. The number of hydrogen-bond acceptors (Lipinski definition) is 2. The number of carbonyl (C=O) groups is 1. The number of carbonyl (C=O) groups excluding carboxylic acids is 1. The Bertz CT molecular complexity index is 107. The lowest BCUT2D eigenvalue weighted by molar-refractivity contribution is -0.121. The molecule has 0 aromatic rings. The van der Waals surface area contributed by atoms with E-state index >= 15 is 0 Å². The second-order valence-corrected chi connectivity index (χ2v) is 3.64. The summed E-state index contributed by atoms with van der Waals surface area (Å²) in [6.07, 6.45) is 0. The monoisotopic (exact) mass is 190 g/mol. The van der Waals surface area contributed by atoms with Gasteiger partial charge >= 0.3 is 0 Å². The molecule has 0 aromatic heterocycles. The summed E-state index contributed by atoms with van der Waals surface area (Å²) in [5.41, 5.74) is 0. The molecule has 0 saturated heterocycles. The number of ether oxygens (including phenoxy) is 1. The first kappa shape index (κ1) is 9.50. The summed E-state index contributed by atoms with van der Waals surface area (Å²) in [5, 5.41) is 0. The SMILES string of the molecule is COCC(=O)C(Cl)(Cl)Cl. The molecule has 0 N–H and O–H groups in total. The topological polar surface area (TPSA) is 26.3 Å². The number of alkyl halides is 3. The van der Waals surface area contributed by atoms with Crippen LogP contribution in [0.1, 0.15) is 0 Å². The Kier molecular flexibility index (Phi) is 3.82. The lowest BCUT2D eigenvalue weighted by Crippen LogP contribution is -2.23. The number of rotatable bonds is 2. The van der Waals surface area contributed by atoms with E-state index in [1.807, 2.05) is 0 Å². The van der Waals surface area contributed by atoms with E-state index in [0.29, 0.717) is 0 Å². The lowest BCUT2D eigenvalue weighted by Gasteiger charge is -2.06. The second kappa shape index (κ2) is 3.62. The molecular formula is C4H5Cl3O2. The number of methoxy groups -OCH3 is 1. The predicted octanol–water partition coefficient (Wildman–Crippen LogP) is 1.57. The molecule has 0 rings (SSSR count). The molecule has 0 aromatic carbocycles. The molecule has 9 heavy (non-hydrogen) atoms. The van der Waals surface area contributed by atoms with Crippen molar-refractivity contribution >= 4 is 40.6 Å². The fourth-order valence-electron chi connectivity index (χ4n) is 0.213. The molecule has 0 aliphatic carbocycles. The van der Waals surface area contributed by atoms with Gasteiger partial charge < -0.3 is 4.74 Å². The van der Waals surface area contributed by atoms with Gasteiger partial charge in [-0.2, -0.15) is 0 Å². The van der Waals surface area contributed by atoms with Gasteiger partial charge in [-0.25, -0.2) is 0 Å². The largest absolute Gasteiger partial charge is 0.377 e. The highest BCUT2D eigenvalue weighted by molar-refractivity contribution is 6.76. The molecule has 0 unspecified atom stereocenters. The van der Waals surface area contributed by atoms with Crippen molar-refractivity contribution < 1.29 is 9.53 Å². The van der Waals surface area contributed by atoms with E-state index in [1.54, 1.807) is 0 Å². The van der Waals surface area contributed by atoms with Gasteiger partial charge in [0.15, 0.2) is 0 Å². The Hall–Kier alpha value is 0.500. The highest BCUT2D eigenvalue weighted by Crippen LogP contribution is 2.26. The molecule has 0 atom stereocenters. The second-order valence-electron chi connectivity index (χ2n) is 1.35. The van der Waals surface area contributed by atoms with Crippen molar-refractivity contribution in [1.82, 2.24) is 0 Å². The Morgan fingerprint density at radius 1 is 1.56 bits per heavy atom. The highest BCUT2D eigenvalue weighted by atomic mass is 35.6. The van der Waals surface area contributed by atoms with E-state index in [4.69, 9.17) is 34.8 Å². The third-order valence-corrected chi connectivity index (χ3v) is 1.22. The smallest absolute Gasteiger partial charge is 0.251 e. The first-order valence-corrected chi connectivity index (χ1v) is 3.21. The number of Topliss-reactive ketones (excluding diaryl/α,β-unsaturated/α-hetero) is 1. The summed E-state index contributed by atoms with van der Waals surface area (Å²) in [5.74, 6) is -0.560. The fourth-order valence-corrected chi connectivity index (χ4v) is 0.377. The van der Waals surface area contributed by atoms with Gasteiger partial charge in [-0.3, -0.25) is 4.79 Å². The van der Waals surface area contributed by atoms with Crippen LogP contribution in [-0.2, 0) is 9.53 Å². The lowest BCUT2D eigenvalue weighted by atomic mass is 10.5. The van der Waals surface area contributed by atoms with Gasteiger partial charge in [-0.1, -0.05) is 34.8 Å². The molecular weight excluding hydrogens is 186 g/mol. The average molecular weight is 191 g/mol. The maximum atomic E-state index is 10.5. The van der Waals surface area contributed by atoms with Crippen LogP contribution in [0.5, 0.6) is 0 Å². The molecule has 0 aliphatic heterocycles. The molecule has 2 nitrogen and oxygen atoms in total. The van der Waals surface area contributed by atoms with Crippen LogP contribution in [0.25, 0.3) is 0 Å². The van der Waals surface area contributed by atoms with Gasteiger partial charge in [-0.05, 0) is 0 Å². The van der Waals surface area contributed by atoms with E-state index in [0.717, 1.165) is 0 Å². The minimum atomic E-state index is -1.84. The van der Waals surface area contributed by atoms with Gasteiger partial charge in [0.25, 0.3) is 3.79 Å². The van der Waals surface area contributed by atoms with E-state index in [1.165, 1.54) is 7.11 Å². The van der Waals surface area contributed by atoms with Crippen LogP contribution in [-0.4, -0.2) is 23.3 Å². The van der Waals surface area contributed by atoms with Crippen LogP contribution in [0, 0.1) is 0 Å². The first-order valence-electron chi connectivity index (χ1n) is 2.07. The maximum Gasteiger partial charge on any atom is 0.251 e. The van der Waals surface area contributed by atoms with Crippen LogP contribution < -0.4 is 0 Å². The van der Waals surface area contributed by atoms with Crippen molar-refractivity contribution in [2.75, 3.05) is 13.7 Å². The summed E-state index contributed by atoms with van der Waals surface area (Å²) < 4.78 is 2.59. The van der Waals surface area contributed by atoms with Crippen molar-refractivity contribution in [3.63, 3.8) is 0 Å². The fraction of sp³-hybridized carbons (Fsp3) is 0.750. The van der Waals surface area contributed by atoms with Gasteiger partial charge in [-0.15, -0.1) is 0 Å². The molecule has 0 aliphatic rings. The van der Waals surface area contributed by atoms with Crippen molar-refractivity contribution in [3.8, 4) is 0 Å². The maximum absolute atomic E-state index is 10.5. The number of hydrogen-bond donors (Lipinski definition) is 0. The van der Waals surface area contributed by atoms with Gasteiger partial charge in [0.05, 0.1) is 0 Å². The van der Waals surface area contributed by atoms with Crippen LogP contribution in [0.15, 0.2) is 0 Å². The predicted molar refractivity (Wildman–Crippen MR) is 37.2 cm³/mol. The minimum Gasteiger partial charge on any atom is -0.377 e. The quantitative estimate of drug-likeness (QED) is 0.620. The molecule has 54 valence electrons. The summed E-state index contributed by atoms with van der Waals surface area (Å²) >= 11 is 15.5. The minimum absolute atomic E-state index is 0.170. The van der Waals surface area contributed by atoms with E-state index < -0.39 is 9.58 Å². The van der Waals surface area contributed by atoms with Crippen molar-refractivity contribution in [3.05, 3.63) is 0 Å². The van der Waals surface area contributed by atoms with Gasteiger partial charge in [0.2, 0.25) is 5.78 Å². The molecule has 5 heteroatoms. The summed E-state index contributed by atoms with van der Waals surface area (Å²) in [6.45, 7) is -0.170. The van der Waals surface area contributed by atoms with Crippen LogP contribution >= 0.6 is 34.8 Å². The first-order chi connectivity index (χ1) is 3.98. The van der Waals surface area contributed by atoms with Gasteiger partial charge in [0.1, 0.15) is 6.61 Å². The van der Waals surface area contributed by atoms with Gasteiger partial charge in [0, 0.05) is 7.11 Å². The normalized spacial score (nSPS) is 11.6. The Morgan fingerprint density at radius 3 is 2.11 bits per heavy atom. The standard InChI is InChI=1S/C4H5Cl3O2/c1-9-2-3(8)4(5,6)7/h2H2,1H3. The van der Waals surface area contributed by atoms with Crippen LogP contribution in [0.2, 0.25) is 0 Å². The summed E-state index contributed by atoms with van der Waals surface area (Å²) in [7, 11) is 1.36. The Labute approximate surface area is 68.0 Å². The number of ketones is 1. The molecule has 0 amide bonds. The third-order valence-electron chi connectivity index (χ3n) is 0.592. The van der Waals surface area contributed by atoms with Crippen LogP contribution in [0.3, 0.4) is 0 Å².